The molecule has 0 saturated heterocycles. The molecular weight excluding hydrogens is 775 g/mol. The minimum Gasteiger partial charge on any atom is -0.459 e. The van der Waals surface area contributed by atoms with Gasteiger partial charge in [0.05, 0.1) is 11.0 Å². The van der Waals surface area contributed by atoms with Gasteiger partial charge in [-0.15, -0.1) is 0 Å². The number of unbranched alkanes of at least 4 members (excludes halogenated alkanes) is 4. The first-order chi connectivity index (χ1) is 31.2. The second-order valence-corrected chi connectivity index (χ2v) is 20.4. The minimum atomic E-state index is -0.482. The molecule has 4 heteroatoms. The fraction of sp³-hybridized carbons (Fsp3) is 0.400. The number of allylic oxidation sites excluding steroid dienone is 1. The van der Waals surface area contributed by atoms with Crippen molar-refractivity contribution in [3.05, 3.63) is 165 Å². The number of benzene rings is 5. The normalized spacial score (nSPS) is 22.4. The molecule has 64 heavy (non-hydrogen) atoms. The van der Waals surface area contributed by atoms with Crippen LogP contribution >= 0.6 is 0 Å². The van der Waals surface area contributed by atoms with E-state index in [0.717, 1.165) is 37.0 Å². The third-order valence-electron chi connectivity index (χ3n) is 16.5. The average Bonchev–Trinajstić information content (AvgIpc) is 3.72. The second-order valence-electron chi connectivity index (χ2n) is 20.4. The molecule has 326 valence electrons. The molecule has 2 aliphatic carbocycles. The number of hydrogen-bond acceptors (Lipinski definition) is 3. The maximum Gasteiger partial charge on any atom is 0.247 e. The first-order valence-corrected chi connectivity index (χ1v) is 25.3. The van der Waals surface area contributed by atoms with E-state index in [1.807, 2.05) is 0 Å². The summed E-state index contributed by atoms with van der Waals surface area (Å²) < 4.78 is 7.36. The van der Waals surface area contributed by atoms with Gasteiger partial charge >= 0.3 is 0 Å². The largest absolute Gasteiger partial charge is 0.459 e. The molecule has 4 atom stereocenters. The van der Waals surface area contributed by atoms with Gasteiger partial charge in [0.15, 0.2) is 0 Å². The standard InChI is InChI=1S/C60H67BN2O/c1-9-13-19-40-25-30-44(31-26-40)62-50-33-28-42(21-15-11-3)36-47(50)61-48-37-43(22-16-12-4)29-34-51(48)63-49-32-27-41(20-14-10-2)35-46(49)59(7)56-53(39(6)55(62)57(61)60(56,63)8)38(5)54-45-23-17-18-24-52(45)64-58(54)59/h17-18,23-39H,9-16,19-22H2,1-8H3. The van der Waals surface area contributed by atoms with E-state index in [-0.39, 0.29) is 18.5 Å². The smallest absolute Gasteiger partial charge is 0.247 e. The van der Waals surface area contributed by atoms with Crippen LogP contribution in [-0.4, -0.2) is 12.3 Å². The Balaban J connectivity index is 1.28. The SMILES string of the molecule is CCCCc1ccc(N2C3=C4B(c5cc(CCCC)ccc52)c2cc(CCCC)ccc2N2c5ccc(CCCC)cc5C5(C)C(=C(C3C)C(C)c3c5oc5ccccc35)C42C)cc1. The number of anilines is 4. The van der Waals surface area contributed by atoms with Gasteiger partial charge in [0.2, 0.25) is 6.71 Å². The Hall–Kier alpha value is -5.22. The number of nitrogens with zero attached hydrogens (tertiary/aromatic N) is 2. The summed E-state index contributed by atoms with van der Waals surface area (Å²) in [7, 11) is 0. The molecule has 0 saturated carbocycles. The molecule has 3 nitrogen and oxygen atoms in total. The summed E-state index contributed by atoms with van der Waals surface area (Å²) in [6.07, 6.45) is 14.0. The number of fused-ring (bicyclic) bond motifs is 12. The van der Waals surface area contributed by atoms with Crippen molar-refractivity contribution in [3.8, 4) is 0 Å². The van der Waals surface area contributed by atoms with Crippen molar-refractivity contribution < 1.29 is 4.42 Å². The van der Waals surface area contributed by atoms with Crippen molar-refractivity contribution in [1.29, 1.82) is 0 Å². The van der Waals surface area contributed by atoms with Crippen LogP contribution in [0.25, 0.3) is 11.0 Å². The van der Waals surface area contributed by atoms with Gasteiger partial charge in [-0.2, -0.15) is 0 Å². The van der Waals surface area contributed by atoms with Crippen molar-refractivity contribution in [3.63, 3.8) is 0 Å². The van der Waals surface area contributed by atoms with Crippen molar-refractivity contribution in [2.45, 2.75) is 149 Å². The first-order valence-electron chi connectivity index (χ1n) is 25.3. The molecule has 0 bridgehead atoms. The van der Waals surface area contributed by atoms with Crippen LogP contribution in [0, 0.1) is 5.92 Å². The molecule has 0 radical (unpaired) electrons. The van der Waals surface area contributed by atoms with E-state index in [4.69, 9.17) is 4.42 Å². The Morgan fingerprint density at radius 3 is 1.78 bits per heavy atom. The minimum absolute atomic E-state index is 0.114. The Labute approximate surface area is 383 Å². The van der Waals surface area contributed by atoms with Gasteiger partial charge in [0.1, 0.15) is 11.3 Å². The van der Waals surface area contributed by atoms with Gasteiger partial charge in [0.25, 0.3) is 0 Å². The average molecular weight is 843 g/mol. The molecule has 4 heterocycles. The molecule has 0 spiro atoms. The molecule has 1 aromatic heterocycles. The fourth-order valence-corrected chi connectivity index (χ4v) is 13.6. The lowest BCUT2D eigenvalue weighted by molar-refractivity contribution is 0.373. The van der Waals surface area contributed by atoms with Gasteiger partial charge in [-0.3, -0.25) is 0 Å². The van der Waals surface area contributed by atoms with E-state index in [2.05, 4.69) is 168 Å². The highest BCUT2D eigenvalue weighted by molar-refractivity contribution is 6.94. The Morgan fingerprint density at radius 1 is 0.594 bits per heavy atom. The van der Waals surface area contributed by atoms with E-state index < -0.39 is 11.0 Å². The number of hydrogen-bond donors (Lipinski definition) is 0. The van der Waals surface area contributed by atoms with Crippen LogP contribution in [0.4, 0.5) is 22.7 Å². The van der Waals surface area contributed by atoms with E-state index in [0.29, 0.717) is 0 Å². The summed E-state index contributed by atoms with van der Waals surface area (Å²) in [5.41, 5.74) is 23.0. The highest BCUT2D eigenvalue weighted by Crippen LogP contribution is 2.69. The highest BCUT2D eigenvalue weighted by Gasteiger charge is 2.67. The third-order valence-corrected chi connectivity index (χ3v) is 16.5. The predicted molar refractivity (Wildman–Crippen MR) is 272 cm³/mol. The number of furan rings is 1. The predicted octanol–water partition coefficient (Wildman–Crippen LogP) is 14.7. The van der Waals surface area contributed by atoms with Gasteiger partial charge < -0.3 is 14.2 Å². The zero-order chi connectivity index (χ0) is 44.1. The number of aryl methyl sites for hydroxylation is 4. The molecular formula is C60H67BN2O. The molecule has 6 aromatic rings. The van der Waals surface area contributed by atoms with E-state index >= 15 is 0 Å². The van der Waals surface area contributed by atoms with Crippen LogP contribution < -0.4 is 20.7 Å². The zero-order valence-electron chi connectivity index (χ0n) is 39.8. The van der Waals surface area contributed by atoms with E-state index in [1.165, 1.54) is 130 Å². The van der Waals surface area contributed by atoms with Crippen LogP contribution in [-0.2, 0) is 31.1 Å². The summed E-state index contributed by atoms with van der Waals surface area (Å²) >= 11 is 0. The molecule has 0 fully saturated rings. The maximum absolute atomic E-state index is 7.36. The fourth-order valence-electron chi connectivity index (χ4n) is 13.6. The van der Waals surface area contributed by atoms with Crippen LogP contribution in [0.1, 0.15) is 152 Å². The van der Waals surface area contributed by atoms with Gasteiger partial charge in [-0.25, -0.2) is 0 Å². The van der Waals surface area contributed by atoms with Crippen LogP contribution in [0.2, 0.25) is 0 Å². The Bertz CT molecular complexity index is 2880. The molecule has 3 aliphatic heterocycles. The van der Waals surface area contributed by atoms with Crippen LogP contribution in [0.15, 0.2) is 130 Å². The Kier molecular flexibility index (Phi) is 10.2. The van der Waals surface area contributed by atoms with Crippen molar-refractivity contribution >= 4 is 51.4 Å². The summed E-state index contributed by atoms with van der Waals surface area (Å²) in [6, 6.07) is 41.4. The maximum atomic E-state index is 7.36. The monoisotopic (exact) mass is 843 g/mol. The molecule has 0 amide bonds. The zero-order valence-corrected chi connectivity index (χ0v) is 39.8. The third kappa shape index (κ3) is 5.78. The molecule has 5 aromatic carbocycles. The second kappa shape index (κ2) is 15.7. The van der Waals surface area contributed by atoms with Crippen molar-refractivity contribution in [1.82, 2.24) is 0 Å². The molecule has 5 aliphatic rings. The van der Waals surface area contributed by atoms with Gasteiger partial charge in [-0.1, -0.05) is 140 Å². The lowest BCUT2D eigenvalue weighted by Gasteiger charge is -2.65. The number of rotatable bonds is 13. The molecule has 0 N–H and O–H groups in total. The van der Waals surface area contributed by atoms with E-state index in [1.54, 1.807) is 16.6 Å². The van der Waals surface area contributed by atoms with Gasteiger partial charge in [0, 0.05) is 51.2 Å². The summed E-state index contributed by atoms with van der Waals surface area (Å²) in [6.45, 7) is 19.6. The number of para-hydroxylation sites is 1. The van der Waals surface area contributed by atoms with Crippen molar-refractivity contribution in [2.75, 3.05) is 9.80 Å². The molecule has 4 unspecified atom stereocenters. The lowest BCUT2D eigenvalue weighted by atomic mass is 9.27. The van der Waals surface area contributed by atoms with Gasteiger partial charge in [-0.05, 0) is 151 Å². The van der Waals surface area contributed by atoms with Crippen LogP contribution in [0.3, 0.4) is 0 Å². The van der Waals surface area contributed by atoms with E-state index in [9.17, 15) is 0 Å². The first kappa shape index (κ1) is 41.5. The quantitative estimate of drug-likeness (QED) is 0.0853. The summed E-state index contributed by atoms with van der Waals surface area (Å²) in [4.78, 5) is 5.59. The van der Waals surface area contributed by atoms with Crippen LogP contribution in [0.5, 0.6) is 0 Å². The molecule has 11 rings (SSSR count). The summed E-state index contributed by atoms with van der Waals surface area (Å²) in [5, 5.41) is 1.26. The Morgan fingerprint density at radius 2 is 1.14 bits per heavy atom. The summed E-state index contributed by atoms with van der Waals surface area (Å²) in [5.74, 6) is 1.48. The topological polar surface area (TPSA) is 19.6 Å². The lowest BCUT2D eigenvalue weighted by Crippen LogP contribution is -2.71. The highest BCUT2D eigenvalue weighted by atomic mass is 16.3. The van der Waals surface area contributed by atoms with Crippen molar-refractivity contribution in [2.24, 2.45) is 5.92 Å².